The van der Waals surface area contributed by atoms with Gasteiger partial charge in [-0.3, -0.25) is 9.59 Å². The number of fused-ring (bicyclic) bond motifs is 1. The molecule has 0 saturated carbocycles. The zero-order chi connectivity index (χ0) is 21.0. The van der Waals surface area contributed by atoms with Crippen molar-refractivity contribution in [3.8, 4) is 17.2 Å². The van der Waals surface area contributed by atoms with Crippen LogP contribution in [0.3, 0.4) is 0 Å². The number of hydrogen-bond donors (Lipinski definition) is 2. The van der Waals surface area contributed by atoms with Gasteiger partial charge in [0.2, 0.25) is 5.75 Å². The number of nitrogens with two attached hydrogens (primary N) is 1. The normalized spacial score (nSPS) is 11.7. The Morgan fingerprint density at radius 2 is 1.76 bits per heavy atom. The number of furan rings is 1. The summed E-state index contributed by atoms with van der Waals surface area (Å²) in [5.74, 6) is 0.321. The van der Waals surface area contributed by atoms with E-state index >= 15 is 0 Å². The maximum Gasteiger partial charge on any atom is 0.255 e. The molecule has 2 aromatic carbocycles. The third kappa shape index (κ3) is 4.43. The SMILES string of the molecule is COc1cc(C(=O)N[C@@H](C)c2cc3ccccc3o2)cc(OC)c1OCC(N)=O. The number of para-hydroxylation sites is 1. The highest BCUT2D eigenvalue weighted by Gasteiger charge is 2.20. The molecule has 0 unspecified atom stereocenters. The fourth-order valence-electron chi connectivity index (χ4n) is 2.86. The molecule has 8 heteroatoms. The first kappa shape index (κ1) is 20.1. The van der Waals surface area contributed by atoms with E-state index in [2.05, 4.69) is 5.32 Å². The molecule has 0 radical (unpaired) electrons. The van der Waals surface area contributed by atoms with Crippen LogP contribution in [0.5, 0.6) is 17.2 Å². The highest BCUT2D eigenvalue weighted by molar-refractivity contribution is 5.96. The number of amides is 2. The lowest BCUT2D eigenvalue weighted by atomic mass is 10.1. The first-order valence-corrected chi connectivity index (χ1v) is 8.89. The van der Waals surface area contributed by atoms with Crippen molar-refractivity contribution >= 4 is 22.8 Å². The summed E-state index contributed by atoms with van der Waals surface area (Å²) in [7, 11) is 2.84. The minimum absolute atomic E-state index is 0.190. The number of hydrogen-bond acceptors (Lipinski definition) is 6. The number of benzene rings is 2. The van der Waals surface area contributed by atoms with Crippen LogP contribution in [0.1, 0.15) is 29.1 Å². The molecule has 0 spiro atoms. The van der Waals surface area contributed by atoms with Crippen LogP contribution in [0.25, 0.3) is 11.0 Å². The number of nitrogens with one attached hydrogen (secondary N) is 1. The molecule has 29 heavy (non-hydrogen) atoms. The first-order valence-electron chi connectivity index (χ1n) is 8.89. The van der Waals surface area contributed by atoms with E-state index in [1.807, 2.05) is 37.3 Å². The number of primary amides is 1. The minimum atomic E-state index is -0.643. The van der Waals surface area contributed by atoms with E-state index < -0.39 is 5.91 Å². The summed E-state index contributed by atoms with van der Waals surface area (Å²) >= 11 is 0. The van der Waals surface area contributed by atoms with Crippen molar-refractivity contribution in [2.24, 2.45) is 5.73 Å². The van der Waals surface area contributed by atoms with Gasteiger partial charge in [-0.25, -0.2) is 0 Å². The summed E-state index contributed by atoms with van der Waals surface area (Å²) in [4.78, 5) is 23.8. The Balaban J connectivity index is 1.83. The average Bonchev–Trinajstić information content (AvgIpc) is 3.15. The maximum atomic E-state index is 12.8. The largest absolute Gasteiger partial charge is 0.493 e. The average molecular weight is 398 g/mol. The van der Waals surface area contributed by atoms with Crippen molar-refractivity contribution in [1.82, 2.24) is 5.32 Å². The molecule has 8 nitrogen and oxygen atoms in total. The molecule has 0 fully saturated rings. The molecular weight excluding hydrogens is 376 g/mol. The molecule has 0 aliphatic rings. The first-order chi connectivity index (χ1) is 13.9. The molecule has 1 atom stereocenters. The van der Waals surface area contributed by atoms with Crippen molar-refractivity contribution in [2.45, 2.75) is 13.0 Å². The molecule has 3 N–H and O–H groups in total. The second kappa shape index (κ2) is 8.55. The van der Waals surface area contributed by atoms with Crippen LogP contribution >= 0.6 is 0 Å². The van der Waals surface area contributed by atoms with Crippen LogP contribution in [0.15, 0.2) is 46.9 Å². The monoisotopic (exact) mass is 398 g/mol. The third-order valence-electron chi connectivity index (χ3n) is 4.30. The van der Waals surface area contributed by atoms with E-state index in [0.29, 0.717) is 11.3 Å². The van der Waals surface area contributed by atoms with Crippen LogP contribution < -0.4 is 25.3 Å². The van der Waals surface area contributed by atoms with Gasteiger partial charge >= 0.3 is 0 Å². The van der Waals surface area contributed by atoms with Gasteiger partial charge in [0, 0.05) is 10.9 Å². The number of methoxy groups -OCH3 is 2. The van der Waals surface area contributed by atoms with Crippen LogP contribution in [0, 0.1) is 0 Å². The number of carbonyl (C=O) groups is 2. The van der Waals surface area contributed by atoms with Gasteiger partial charge in [0.05, 0.1) is 20.3 Å². The summed E-state index contributed by atoms with van der Waals surface area (Å²) in [6, 6.07) is 12.1. The number of ether oxygens (including phenoxy) is 3. The Labute approximate surface area is 167 Å². The van der Waals surface area contributed by atoms with Crippen molar-refractivity contribution < 1.29 is 28.2 Å². The molecule has 3 aromatic rings. The predicted molar refractivity (Wildman–Crippen MR) is 106 cm³/mol. The predicted octanol–water partition coefficient (Wildman–Crippen LogP) is 2.81. The maximum absolute atomic E-state index is 12.8. The summed E-state index contributed by atoms with van der Waals surface area (Å²) in [5, 5.41) is 3.85. The Kier molecular flexibility index (Phi) is 5.92. The van der Waals surface area contributed by atoms with Gasteiger partial charge in [0.1, 0.15) is 11.3 Å². The quantitative estimate of drug-likeness (QED) is 0.603. The molecule has 0 saturated heterocycles. The lowest BCUT2D eigenvalue weighted by molar-refractivity contribution is -0.120. The van der Waals surface area contributed by atoms with E-state index in [0.717, 1.165) is 11.0 Å². The van der Waals surface area contributed by atoms with Crippen molar-refractivity contribution in [3.05, 3.63) is 53.8 Å². The fraction of sp³-hybridized carbons (Fsp3) is 0.238. The zero-order valence-corrected chi connectivity index (χ0v) is 16.4. The van der Waals surface area contributed by atoms with Crippen LogP contribution in [-0.2, 0) is 4.79 Å². The molecule has 2 amide bonds. The molecule has 0 aliphatic heterocycles. The fourth-order valence-corrected chi connectivity index (χ4v) is 2.86. The smallest absolute Gasteiger partial charge is 0.255 e. The van der Waals surface area contributed by atoms with E-state index in [1.54, 1.807) is 0 Å². The van der Waals surface area contributed by atoms with Crippen molar-refractivity contribution in [2.75, 3.05) is 20.8 Å². The second-order valence-electron chi connectivity index (χ2n) is 6.35. The summed E-state index contributed by atoms with van der Waals surface area (Å²) in [5.41, 5.74) is 6.17. The van der Waals surface area contributed by atoms with E-state index in [1.165, 1.54) is 26.4 Å². The topological polar surface area (TPSA) is 113 Å². The standard InChI is InChI=1S/C21H22N2O6/c1-12(16-8-13-6-4-5-7-15(13)29-16)23-21(25)14-9-17(26-2)20(18(10-14)27-3)28-11-19(22)24/h4-10,12H,11H2,1-3H3,(H2,22,24)(H,23,25)/t12-/m0/s1. The Morgan fingerprint density at radius 3 is 2.34 bits per heavy atom. The minimum Gasteiger partial charge on any atom is -0.493 e. The van der Waals surface area contributed by atoms with E-state index in [-0.39, 0.29) is 35.8 Å². The lowest BCUT2D eigenvalue weighted by Gasteiger charge is -2.16. The van der Waals surface area contributed by atoms with Crippen molar-refractivity contribution in [1.29, 1.82) is 0 Å². The summed E-state index contributed by atoms with van der Waals surface area (Å²) < 4.78 is 21.7. The Bertz CT molecular complexity index is 985. The van der Waals surface area contributed by atoms with Crippen LogP contribution in [0.4, 0.5) is 0 Å². The van der Waals surface area contributed by atoms with Gasteiger partial charge in [0.15, 0.2) is 18.1 Å². The molecule has 3 rings (SSSR count). The van der Waals surface area contributed by atoms with Gasteiger partial charge in [0.25, 0.3) is 11.8 Å². The highest BCUT2D eigenvalue weighted by Crippen LogP contribution is 2.38. The molecule has 152 valence electrons. The van der Waals surface area contributed by atoms with Crippen LogP contribution in [-0.4, -0.2) is 32.6 Å². The lowest BCUT2D eigenvalue weighted by Crippen LogP contribution is -2.26. The van der Waals surface area contributed by atoms with Gasteiger partial charge in [-0.2, -0.15) is 0 Å². The van der Waals surface area contributed by atoms with Crippen molar-refractivity contribution in [3.63, 3.8) is 0 Å². The molecule has 0 bridgehead atoms. The highest BCUT2D eigenvalue weighted by atomic mass is 16.5. The third-order valence-corrected chi connectivity index (χ3v) is 4.30. The number of rotatable bonds is 8. The van der Waals surface area contributed by atoms with Gasteiger partial charge in [-0.1, -0.05) is 18.2 Å². The van der Waals surface area contributed by atoms with E-state index in [4.69, 9.17) is 24.4 Å². The van der Waals surface area contributed by atoms with E-state index in [9.17, 15) is 9.59 Å². The molecular formula is C21H22N2O6. The number of carbonyl (C=O) groups excluding carboxylic acids is 2. The molecule has 1 heterocycles. The molecule has 0 aliphatic carbocycles. The summed E-state index contributed by atoms with van der Waals surface area (Å²) in [6.45, 7) is 1.48. The Hall–Kier alpha value is -3.68. The molecule has 1 aromatic heterocycles. The second-order valence-corrected chi connectivity index (χ2v) is 6.35. The van der Waals surface area contributed by atoms with Gasteiger partial charge in [-0.15, -0.1) is 0 Å². The summed E-state index contributed by atoms with van der Waals surface area (Å²) in [6.07, 6.45) is 0. The zero-order valence-electron chi connectivity index (χ0n) is 16.4. The van der Waals surface area contributed by atoms with Gasteiger partial charge in [-0.05, 0) is 31.2 Å². The Morgan fingerprint density at radius 1 is 1.10 bits per heavy atom. The van der Waals surface area contributed by atoms with Gasteiger partial charge < -0.3 is 29.7 Å². The van der Waals surface area contributed by atoms with Crippen LogP contribution in [0.2, 0.25) is 0 Å².